The lowest BCUT2D eigenvalue weighted by molar-refractivity contribution is -0.123. The zero-order valence-corrected chi connectivity index (χ0v) is 13.2. The smallest absolute Gasteiger partial charge is 0.258 e. The third kappa shape index (κ3) is 4.34. The van der Waals surface area contributed by atoms with Gasteiger partial charge in [0.05, 0.1) is 13.2 Å². The highest BCUT2D eigenvalue weighted by molar-refractivity contribution is 5.78. The molecule has 128 valence electrons. The molecule has 7 heteroatoms. The molecule has 2 aromatic carbocycles. The van der Waals surface area contributed by atoms with E-state index in [0.29, 0.717) is 17.4 Å². The lowest BCUT2D eigenvalue weighted by Gasteiger charge is -2.17. The Hall–Kier alpha value is -2.83. The fourth-order valence-corrected chi connectivity index (χ4v) is 2.10. The highest BCUT2D eigenvalue weighted by Gasteiger charge is 2.15. The van der Waals surface area contributed by atoms with Gasteiger partial charge in [0.15, 0.2) is 18.2 Å². The number of halogens is 2. The van der Waals surface area contributed by atoms with Crippen molar-refractivity contribution in [2.45, 2.75) is 13.0 Å². The highest BCUT2D eigenvalue weighted by Crippen LogP contribution is 2.28. The number of nitrogens with one attached hydrogen (secondary N) is 1. The van der Waals surface area contributed by atoms with Gasteiger partial charge in [-0.3, -0.25) is 4.79 Å². The average Bonchev–Trinajstić information content (AvgIpc) is 2.54. The van der Waals surface area contributed by atoms with Gasteiger partial charge in [0.2, 0.25) is 0 Å². The van der Waals surface area contributed by atoms with E-state index in [4.69, 9.17) is 9.47 Å². The first-order chi connectivity index (χ1) is 11.4. The predicted octanol–water partition coefficient (Wildman–Crippen LogP) is 2.94. The summed E-state index contributed by atoms with van der Waals surface area (Å²) in [6.07, 6.45) is 0. The molecule has 1 amide bonds. The van der Waals surface area contributed by atoms with Gasteiger partial charge in [0.1, 0.15) is 17.3 Å². The van der Waals surface area contributed by atoms with Crippen molar-refractivity contribution in [2.75, 3.05) is 13.7 Å². The molecular formula is C17H17F2NO4. The summed E-state index contributed by atoms with van der Waals surface area (Å²) in [6, 6.07) is 6.94. The van der Waals surface area contributed by atoms with Crippen LogP contribution in [0.5, 0.6) is 17.2 Å². The van der Waals surface area contributed by atoms with Gasteiger partial charge in [-0.2, -0.15) is 0 Å². The number of ether oxygens (including phenoxy) is 2. The summed E-state index contributed by atoms with van der Waals surface area (Å²) in [5.41, 5.74) is 0.468. The van der Waals surface area contributed by atoms with Crippen LogP contribution in [0.4, 0.5) is 8.78 Å². The number of aromatic hydroxyl groups is 1. The number of hydrogen-bond donors (Lipinski definition) is 2. The SMILES string of the molecule is COc1ccc(O)c(C(C)NC(=O)COc2ccc(F)cc2F)c1. The minimum atomic E-state index is -0.888. The maximum Gasteiger partial charge on any atom is 0.258 e. The molecule has 0 saturated carbocycles. The van der Waals surface area contributed by atoms with Crippen molar-refractivity contribution in [3.63, 3.8) is 0 Å². The molecule has 0 heterocycles. The molecule has 0 aliphatic heterocycles. The Kier molecular flexibility index (Phi) is 5.57. The van der Waals surface area contributed by atoms with Crippen molar-refractivity contribution in [1.29, 1.82) is 0 Å². The topological polar surface area (TPSA) is 67.8 Å². The van der Waals surface area contributed by atoms with E-state index in [1.807, 2.05) is 0 Å². The number of carbonyl (C=O) groups is 1. The van der Waals surface area contributed by atoms with Crippen molar-refractivity contribution < 1.29 is 28.2 Å². The number of amides is 1. The first-order valence-corrected chi connectivity index (χ1v) is 7.15. The number of carbonyl (C=O) groups excluding carboxylic acids is 1. The Morgan fingerprint density at radius 3 is 2.67 bits per heavy atom. The maximum atomic E-state index is 13.4. The molecule has 0 aliphatic rings. The first-order valence-electron chi connectivity index (χ1n) is 7.15. The van der Waals surface area contributed by atoms with Crippen LogP contribution in [0.3, 0.4) is 0 Å². The van der Waals surface area contributed by atoms with Crippen LogP contribution in [0.25, 0.3) is 0 Å². The van der Waals surface area contributed by atoms with E-state index >= 15 is 0 Å². The van der Waals surface area contributed by atoms with Gasteiger partial charge >= 0.3 is 0 Å². The van der Waals surface area contributed by atoms with Crippen LogP contribution in [-0.4, -0.2) is 24.7 Å². The van der Waals surface area contributed by atoms with E-state index in [9.17, 15) is 18.7 Å². The van der Waals surface area contributed by atoms with E-state index in [0.717, 1.165) is 12.1 Å². The monoisotopic (exact) mass is 337 g/mol. The van der Waals surface area contributed by atoms with Crippen molar-refractivity contribution in [2.24, 2.45) is 0 Å². The molecule has 2 N–H and O–H groups in total. The fourth-order valence-electron chi connectivity index (χ4n) is 2.10. The molecule has 1 unspecified atom stereocenters. The van der Waals surface area contributed by atoms with E-state index in [1.165, 1.54) is 13.2 Å². The summed E-state index contributed by atoms with van der Waals surface area (Å²) in [5.74, 6) is -1.81. The molecule has 2 aromatic rings. The first kappa shape index (κ1) is 17.5. The molecular weight excluding hydrogens is 320 g/mol. The van der Waals surface area contributed by atoms with Crippen LogP contribution in [0, 0.1) is 11.6 Å². The Morgan fingerprint density at radius 2 is 2.00 bits per heavy atom. The number of methoxy groups -OCH3 is 1. The van der Waals surface area contributed by atoms with Crippen LogP contribution in [0.1, 0.15) is 18.5 Å². The summed E-state index contributed by atoms with van der Waals surface area (Å²) in [7, 11) is 1.49. The Bertz CT molecular complexity index is 737. The minimum Gasteiger partial charge on any atom is -0.508 e. The third-order valence-electron chi connectivity index (χ3n) is 3.33. The summed E-state index contributed by atoms with van der Waals surface area (Å²) in [4.78, 5) is 11.9. The zero-order valence-electron chi connectivity index (χ0n) is 13.2. The zero-order chi connectivity index (χ0) is 17.7. The molecule has 0 radical (unpaired) electrons. The van der Waals surface area contributed by atoms with Crippen LogP contribution in [-0.2, 0) is 4.79 Å². The largest absolute Gasteiger partial charge is 0.508 e. The van der Waals surface area contributed by atoms with Gasteiger partial charge in [-0.1, -0.05) is 0 Å². The average molecular weight is 337 g/mol. The van der Waals surface area contributed by atoms with E-state index in [2.05, 4.69) is 5.32 Å². The summed E-state index contributed by atoms with van der Waals surface area (Å²) < 4.78 is 36.3. The predicted molar refractivity (Wildman–Crippen MR) is 83.1 cm³/mol. The number of phenols is 1. The Labute approximate surface area is 137 Å². The number of phenolic OH excluding ortho intramolecular Hbond substituents is 1. The second-order valence-corrected chi connectivity index (χ2v) is 5.08. The second-order valence-electron chi connectivity index (χ2n) is 5.08. The van der Waals surface area contributed by atoms with Crippen LogP contribution < -0.4 is 14.8 Å². The second kappa shape index (κ2) is 7.63. The van der Waals surface area contributed by atoms with Crippen LogP contribution >= 0.6 is 0 Å². The molecule has 0 aliphatic carbocycles. The Morgan fingerprint density at radius 1 is 1.25 bits per heavy atom. The molecule has 0 spiro atoms. The summed E-state index contributed by atoms with van der Waals surface area (Å²) in [5, 5.41) is 12.5. The minimum absolute atomic E-state index is 0.00842. The van der Waals surface area contributed by atoms with E-state index < -0.39 is 30.2 Å². The van der Waals surface area contributed by atoms with Gasteiger partial charge in [-0.15, -0.1) is 0 Å². The van der Waals surface area contributed by atoms with Crippen molar-refractivity contribution in [3.8, 4) is 17.2 Å². The van der Waals surface area contributed by atoms with Crippen molar-refractivity contribution in [1.82, 2.24) is 5.32 Å². The fraction of sp³-hybridized carbons (Fsp3) is 0.235. The van der Waals surface area contributed by atoms with E-state index in [-0.39, 0.29) is 11.5 Å². The molecule has 2 rings (SSSR count). The van der Waals surface area contributed by atoms with Gasteiger partial charge in [0, 0.05) is 11.6 Å². The quantitative estimate of drug-likeness (QED) is 0.850. The van der Waals surface area contributed by atoms with E-state index in [1.54, 1.807) is 19.1 Å². The van der Waals surface area contributed by atoms with Crippen LogP contribution in [0.2, 0.25) is 0 Å². The molecule has 1 atom stereocenters. The molecule has 5 nitrogen and oxygen atoms in total. The summed E-state index contributed by atoms with van der Waals surface area (Å²) in [6.45, 7) is 1.22. The highest BCUT2D eigenvalue weighted by atomic mass is 19.1. The standard InChI is InChI=1S/C17H17F2NO4/c1-10(13-8-12(23-2)4-5-15(13)21)20-17(22)9-24-16-6-3-11(18)7-14(16)19/h3-8,10,21H,9H2,1-2H3,(H,20,22). The Balaban J connectivity index is 1.96. The molecule has 0 saturated heterocycles. The molecule has 0 aromatic heterocycles. The molecule has 0 fully saturated rings. The maximum absolute atomic E-state index is 13.4. The normalized spacial score (nSPS) is 11.7. The van der Waals surface area contributed by atoms with Gasteiger partial charge < -0.3 is 19.9 Å². The lowest BCUT2D eigenvalue weighted by Crippen LogP contribution is -2.31. The third-order valence-corrected chi connectivity index (χ3v) is 3.33. The summed E-state index contributed by atoms with van der Waals surface area (Å²) >= 11 is 0. The van der Waals surface area contributed by atoms with Crippen molar-refractivity contribution >= 4 is 5.91 Å². The van der Waals surface area contributed by atoms with Gasteiger partial charge in [-0.05, 0) is 37.3 Å². The molecule has 0 bridgehead atoms. The number of benzene rings is 2. The molecule has 24 heavy (non-hydrogen) atoms. The van der Waals surface area contributed by atoms with Crippen molar-refractivity contribution in [3.05, 3.63) is 53.6 Å². The van der Waals surface area contributed by atoms with Crippen LogP contribution in [0.15, 0.2) is 36.4 Å². The number of hydrogen-bond acceptors (Lipinski definition) is 4. The van der Waals surface area contributed by atoms with Gasteiger partial charge in [0.25, 0.3) is 5.91 Å². The lowest BCUT2D eigenvalue weighted by atomic mass is 10.1. The number of rotatable bonds is 6. The van der Waals surface area contributed by atoms with Gasteiger partial charge in [-0.25, -0.2) is 8.78 Å².